The number of hydrogen-bond acceptors (Lipinski definition) is 1. The van der Waals surface area contributed by atoms with Gasteiger partial charge in [0.05, 0.1) is 6.61 Å². The van der Waals surface area contributed by atoms with Crippen LogP contribution in [0.4, 0.5) is 8.78 Å². The van der Waals surface area contributed by atoms with Gasteiger partial charge in [0.2, 0.25) is 5.82 Å². The predicted molar refractivity (Wildman–Crippen MR) is 155 cm³/mol. The van der Waals surface area contributed by atoms with Gasteiger partial charge in [0.25, 0.3) is 0 Å². The van der Waals surface area contributed by atoms with Crippen molar-refractivity contribution in [2.24, 2.45) is 5.92 Å². The molecule has 4 rings (SSSR count). The maximum atomic E-state index is 14.5. The molecule has 0 amide bonds. The van der Waals surface area contributed by atoms with Crippen molar-refractivity contribution in [1.29, 1.82) is 0 Å². The van der Waals surface area contributed by atoms with Crippen LogP contribution in [-0.2, 0) is 12.8 Å². The van der Waals surface area contributed by atoms with E-state index >= 15 is 0 Å². The summed E-state index contributed by atoms with van der Waals surface area (Å²) in [5.74, 6) is -0.447. The Kier molecular flexibility index (Phi) is 10.6. The van der Waals surface area contributed by atoms with Crippen LogP contribution in [0.5, 0.6) is 5.75 Å². The molecule has 0 heterocycles. The summed E-state index contributed by atoms with van der Waals surface area (Å²) in [5.41, 5.74) is 5.13. The molecule has 0 bridgehead atoms. The van der Waals surface area contributed by atoms with E-state index in [9.17, 15) is 8.78 Å². The zero-order chi connectivity index (χ0) is 26.7. The molecule has 0 spiro atoms. The average molecular weight is 517 g/mol. The lowest BCUT2D eigenvalue weighted by Gasteiger charge is -2.27. The van der Waals surface area contributed by atoms with Gasteiger partial charge in [0.1, 0.15) is 0 Å². The maximum absolute atomic E-state index is 14.5. The number of benzene rings is 3. The molecule has 3 heteroatoms. The molecule has 0 aliphatic heterocycles. The van der Waals surface area contributed by atoms with Crippen molar-refractivity contribution in [3.8, 4) is 16.9 Å². The first-order valence-corrected chi connectivity index (χ1v) is 14.5. The number of rotatable bonds is 12. The molecule has 0 unspecified atom stereocenters. The normalized spacial score (nSPS) is 17.7. The highest BCUT2D eigenvalue weighted by molar-refractivity contribution is 5.65. The molecule has 3 aromatic carbocycles. The molecule has 1 saturated carbocycles. The average Bonchev–Trinajstić information content (AvgIpc) is 2.95. The van der Waals surface area contributed by atoms with E-state index in [-0.39, 0.29) is 11.3 Å². The van der Waals surface area contributed by atoms with Gasteiger partial charge in [0, 0.05) is 5.56 Å². The van der Waals surface area contributed by atoms with Crippen LogP contribution in [0.25, 0.3) is 11.1 Å². The van der Waals surface area contributed by atoms with Gasteiger partial charge in [-0.3, -0.25) is 0 Å². The van der Waals surface area contributed by atoms with E-state index in [4.69, 9.17) is 4.74 Å². The Balaban J connectivity index is 1.21. The minimum absolute atomic E-state index is 0.0440. The predicted octanol–water partition coefficient (Wildman–Crippen LogP) is 10.2. The van der Waals surface area contributed by atoms with E-state index < -0.39 is 11.6 Å². The number of hydrogen-bond donors (Lipinski definition) is 0. The molecule has 202 valence electrons. The number of allylic oxidation sites excluding steroid dienone is 2. The van der Waals surface area contributed by atoms with Crippen LogP contribution in [-0.4, -0.2) is 6.61 Å². The molecule has 0 saturated heterocycles. The summed E-state index contributed by atoms with van der Waals surface area (Å²) in [6, 6.07) is 20.3. The number of unbranched alkanes of at least 4 members (excludes halogenated alkanes) is 2. The van der Waals surface area contributed by atoms with Crippen LogP contribution in [0.2, 0.25) is 0 Å². The fourth-order valence-corrected chi connectivity index (χ4v) is 5.59. The maximum Gasteiger partial charge on any atom is 0.201 e. The van der Waals surface area contributed by atoms with Crippen LogP contribution in [0, 0.1) is 17.6 Å². The molecular weight excluding hydrogens is 474 g/mol. The monoisotopic (exact) mass is 516 g/mol. The van der Waals surface area contributed by atoms with E-state index in [2.05, 4.69) is 43.3 Å². The third-order valence-corrected chi connectivity index (χ3v) is 7.91. The minimum Gasteiger partial charge on any atom is -0.491 e. The fraction of sp³-hybridized carbons (Fsp3) is 0.429. The van der Waals surface area contributed by atoms with Crippen LogP contribution in [0.1, 0.15) is 87.8 Å². The highest BCUT2D eigenvalue weighted by Crippen LogP contribution is 2.36. The second kappa shape index (κ2) is 14.3. The molecule has 0 aromatic heterocycles. The van der Waals surface area contributed by atoms with Crippen LogP contribution < -0.4 is 4.74 Å². The highest BCUT2D eigenvalue weighted by Gasteiger charge is 2.21. The van der Waals surface area contributed by atoms with Crippen molar-refractivity contribution in [3.63, 3.8) is 0 Å². The van der Waals surface area contributed by atoms with Crippen molar-refractivity contribution < 1.29 is 13.5 Å². The van der Waals surface area contributed by atoms with Crippen LogP contribution in [0.15, 0.2) is 72.8 Å². The van der Waals surface area contributed by atoms with E-state index in [0.717, 1.165) is 12.8 Å². The molecule has 0 N–H and O–H groups in total. The first-order valence-electron chi connectivity index (χ1n) is 14.5. The Hall–Kier alpha value is -2.94. The molecule has 3 aromatic rings. The number of aryl methyl sites for hydroxylation is 2. The zero-order valence-electron chi connectivity index (χ0n) is 23.0. The largest absolute Gasteiger partial charge is 0.491 e. The summed E-state index contributed by atoms with van der Waals surface area (Å²) in [6.07, 6.45) is 16.8. The molecule has 0 radical (unpaired) electrons. The van der Waals surface area contributed by atoms with Crippen molar-refractivity contribution in [3.05, 3.63) is 101 Å². The third kappa shape index (κ3) is 7.56. The Bertz CT molecular complexity index is 1160. The summed E-state index contributed by atoms with van der Waals surface area (Å²) < 4.78 is 33.9. The van der Waals surface area contributed by atoms with E-state index in [1.54, 1.807) is 13.0 Å². The molecule has 0 atom stereocenters. The first-order chi connectivity index (χ1) is 18.6. The molecule has 38 heavy (non-hydrogen) atoms. The van der Waals surface area contributed by atoms with Gasteiger partial charge >= 0.3 is 0 Å². The lowest BCUT2D eigenvalue weighted by atomic mass is 9.78. The van der Waals surface area contributed by atoms with Crippen molar-refractivity contribution in [1.82, 2.24) is 0 Å². The van der Waals surface area contributed by atoms with Crippen LogP contribution >= 0.6 is 0 Å². The Morgan fingerprint density at radius 3 is 2.13 bits per heavy atom. The zero-order valence-corrected chi connectivity index (χ0v) is 23.0. The highest BCUT2D eigenvalue weighted by atomic mass is 19.2. The molecule has 1 aliphatic rings. The lowest BCUT2D eigenvalue weighted by Crippen LogP contribution is -2.11. The lowest BCUT2D eigenvalue weighted by molar-refractivity contribution is 0.314. The van der Waals surface area contributed by atoms with Crippen molar-refractivity contribution >= 4 is 0 Å². The summed E-state index contributed by atoms with van der Waals surface area (Å²) in [4.78, 5) is 0. The summed E-state index contributed by atoms with van der Waals surface area (Å²) in [6.45, 7) is 4.31. The van der Waals surface area contributed by atoms with Crippen molar-refractivity contribution in [2.75, 3.05) is 6.61 Å². The smallest absolute Gasteiger partial charge is 0.201 e. The second-order valence-electron chi connectivity index (χ2n) is 10.6. The molecule has 1 fully saturated rings. The number of ether oxygens (including phenoxy) is 1. The Morgan fingerprint density at radius 1 is 0.763 bits per heavy atom. The topological polar surface area (TPSA) is 9.23 Å². The molecular formula is C35H42F2O. The van der Waals surface area contributed by atoms with E-state index in [0.29, 0.717) is 24.0 Å². The fourth-order valence-electron chi connectivity index (χ4n) is 5.59. The van der Waals surface area contributed by atoms with Gasteiger partial charge in [-0.2, -0.15) is 4.39 Å². The number of halogens is 2. The van der Waals surface area contributed by atoms with Gasteiger partial charge in [-0.05, 0) is 105 Å². The molecule has 1 nitrogen and oxygen atoms in total. The van der Waals surface area contributed by atoms with Gasteiger partial charge < -0.3 is 4.74 Å². The third-order valence-electron chi connectivity index (χ3n) is 7.91. The SMILES string of the molecule is CCCCCc1ccc(C2CCC(C=CCCc3ccc(-c4ccc(OCC)c(F)c4F)cc3)CC2)cc1. The Labute approximate surface area is 227 Å². The summed E-state index contributed by atoms with van der Waals surface area (Å²) >= 11 is 0. The summed E-state index contributed by atoms with van der Waals surface area (Å²) in [7, 11) is 0. The Morgan fingerprint density at radius 2 is 1.45 bits per heavy atom. The van der Waals surface area contributed by atoms with E-state index in [1.165, 1.54) is 74.1 Å². The summed E-state index contributed by atoms with van der Waals surface area (Å²) in [5, 5.41) is 0. The van der Waals surface area contributed by atoms with Gasteiger partial charge in [0.15, 0.2) is 11.6 Å². The van der Waals surface area contributed by atoms with Crippen LogP contribution in [0.3, 0.4) is 0 Å². The van der Waals surface area contributed by atoms with Gasteiger partial charge in [-0.1, -0.05) is 80.4 Å². The minimum atomic E-state index is -0.927. The van der Waals surface area contributed by atoms with Gasteiger partial charge in [-0.25, -0.2) is 4.39 Å². The molecule has 1 aliphatic carbocycles. The standard InChI is InChI=1S/C35H42F2O/c1-3-5-6-9-26-12-18-29(19-13-26)30-20-14-27(15-21-30)10-7-8-11-28-16-22-31(23-17-28)32-24-25-33(38-4-2)35(37)34(32)36/h7,10,12-13,16-19,22-25,27,30H,3-6,8-9,11,14-15,20-21H2,1-2H3. The van der Waals surface area contributed by atoms with Crippen molar-refractivity contribution in [2.45, 2.75) is 84.0 Å². The first kappa shape index (κ1) is 28.1. The second-order valence-corrected chi connectivity index (χ2v) is 10.6. The van der Waals surface area contributed by atoms with E-state index in [1.807, 2.05) is 24.3 Å². The van der Waals surface area contributed by atoms with Gasteiger partial charge in [-0.15, -0.1) is 0 Å². The quantitative estimate of drug-likeness (QED) is 0.172.